The minimum Gasteiger partial charge on any atom is -0.319 e. The largest absolute Gasteiger partial charge is 0.319 e. The fourth-order valence-corrected chi connectivity index (χ4v) is 3.78. The van der Waals surface area contributed by atoms with Crippen LogP contribution in [0.2, 0.25) is 0 Å². The molecular formula is C22H21FN2O3S. The van der Waals surface area contributed by atoms with Gasteiger partial charge in [0.05, 0.1) is 10.6 Å². The van der Waals surface area contributed by atoms with Crippen molar-refractivity contribution in [1.29, 1.82) is 0 Å². The van der Waals surface area contributed by atoms with Crippen molar-refractivity contribution < 1.29 is 17.6 Å². The number of aryl methyl sites for hydroxylation is 2. The standard InChI is InChI=1S/C22H21FN2O3S/c1-15-7-12-19(13-16(15)2)29(27,28)24-14-17-8-10-18(11-9-17)22(26)25-21-6-4-3-5-20(21)23/h3-13,24H,14H2,1-2H3,(H,25,26). The molecule has 3 rings (SSSR count). The molecule has 0 aliphatic heterocycles. The molecule has 0 aliphatic carbocycles. The molecule has 3 aromatic rings. The van der Waals surface area contributed by atoms with Crippen molar-refractivity contribution in [3.63, 3.8) is 0 Å². The van der Waals surface area contributed by atoms with E-state index >= 15 is 0 Å². The lowest BCUT2D eigenvalue weighted by Crippen LogP contribution is -2.23. The van der Waals surface area contributed by atoms with Crippen molar-refractivity contribution in [2.75, 3.05) is 5.32 Å². The Hall–Kier alpha value is -3.03. The highest BCUT2D eigenvalue weighted by Gasteiger charge is 2.15. The quantitative estimate of drug-likeness (QED) is 0.638. The van der Waals surface area contributed by atoms with E-state index in [1.165, 1.54) is 12.1 Å². The first-order valence-corrected chi connectivity index (χ1v) is 10.5. The summed E-state index contributed by atoms with van der Waals surface area (Å²) in [5.74, 6) is -0.962. The highest BCUT2D eigenvalue weighted by molar-refractivity contribution is 7.89. The number of hydrogen-bond donors (Lipinski definition) is 2. The third-order valence-corrected chi connectivity index (χ3v) is 5.99. The molecule has 0 heterocycles. The lowest BCUT2D eigenvalue weighted by Gasteiger charge is -2.10. The Morgan fingerprint density at radius 3 is 2.28 bits per heavy atom. The summed E-state index contributed by atoms with van der Waals surface area (Å²) in [6.07, 6.45) is 0. The molecule has 0 atom stereocenters. The van der Waals surface area contributed by atoms with E-state index in [9.17, 15) is 17.6 Å². The number of carbonyl (C=O) groups is 1. The van der Waals surface area contributed by atoms with E-state index in [4.69, 9.17) is 0 Å². The first-order valence-electron chi connectivity index (χ1n) is 8.98. The number of rotatable bonds is 6. The minimum atomic E-state index is -3.64. The topological polar surface area (TPSA) is 75.3 Å². The van der Waals surface area contributed by atoms with Crippen LogP contribution in [0.1, 0.15) is 27.0 Å². The van der Waals surface area contributed by atoms with Crippen LogP contribution in [0.25, 0.3) is 0 Å². The van der Waals surface area contributed by atoms with Gasteiger partial charge in [-0.3, -0.25) is 4.79 Å². The minimum absolute atomic E-state index is 0.0878. The van der Waals surface area contributed by atoms with Crippen LogP contribution in [0.5, 0.6) is 0 Å². The van der Waals surface area contributed by atoms with E-state index in [0.29, 0.717) is 11.1 Å². The third kappa shape index (κ3) is 5.07. The fourth-order valence-electron chi connectivity index (χ4n) is 2.67. The van der Waals surface area contributed by atoms with Gasteiger partial charge in [0.15, 0.2) is 0 Å². The van der Waals surface area contributed by atoms with E-state index in [0.717, 1.165) is 11.1 Å². The summed E-state index contributed by atoms with van der Waals surface area (Å²) in [4.78, 5) is 12.5. The highest BCUT2D eigenvalue weighted by Crippen LogP contribution is 2.16. The average Bonchev–Trinajstić information content (AvgIpc) is 2.70. The van der Waals surface area contributed by atoms with Crippen molar-refractivity contribution in [1.82, 2.24) is 4.72 Å². The molecule has 0 saturated carbocycles. The average molecular weight is 412 g/mol. The number of sulfonamides is 1. The van der Waals surface area contributed by atoms with Crippen LogP contribution in [0.3, 0.4) is 0 Å². The first-order chi connectivity index (χ1) is 13.8. The van der Waals surface area contributed by atoms with Gasteiger partial charge in [0.25, 0.3) is 5.91 Å². The number of halogens is 1. The summed E-state index contributed by atoms with van der Waals surface area (Å²) < 4.78 is 41.1. The second-order valence-electron chi connectivity index (χ2n) is 6.70. The van der Waals surface area contributed by atoms with E-state index in [1.54, 1.807) is 54.6 Å². The molecule has 3 aromatic carbocycles. The van der Waals surface area contributed by atoms with Gasteiger partial charge in [-0.15, -0.1) is 0 Å². The van der Waals surface area contributed by atoms with Gasteiger partial charge < -0.3 is 5.32 Å². The molecular weight excluding hydrogens is 391 g/mol. The molecule has 2 N–H and O–H groups in total. The van der Waals surface area contributed by atoms with E-state index in [-0.39, 0.29) is 17.1 Å². The molecule has 0 spiro atoms. The lowest BCUT2D eigenvalue weighted by molar-refractivity contribution is 0.102. The van der Waals surface area contributed by atoms with E-state index in [2.05, 4.69) is 10.0 Å². The second-order valence-corrected chi connectivity index (χ2v) is 8.47. The summed E-state index contributed by atoms with van der Waals surface area (Å²) in [7, 11) is -3.64. The fraction of sp³-hybridized carbons (Fsp3) is 0.136. The predicted molar refractivity (Wildman–Crippen MR) is 111 cm³/mol. The number of anilines is 1. The number of para-hydroxylation sites is 1. The van der Waals surface area contributed by atoms with E-state index < -0.39 is 21.7 Å². The maximum atomic E-state index is 13.6. The molecule has 7 heteroatoms. The van der Waals surface area contributed by atoms with Crippen LogP contribution in [-0.4, -0.2) is 14.3 Å². The molecule has 0 bridgehead atoms. The normalized spacial score (nSPS) is 11.3. The molecule has 0 unspecified atom stereocenters. The van der Waals surface area contributed by atoms with Gasteiger partial charge in [-0.25, -0.2) is 17.5 Å². The zero-order valence-electron chi connectivity index (χ0n) is 16.1. The third-order valence-electron chi connectivity index (χ3n) is 4.59. The molecule has 0 radical (unpaired) electrons. The monoisotopic (exact) mass is 412 g/mol. The van der Waals surface area contributed by atoms with Gasteiger partial charge in [-0.2, -0.15) is 0 Å². The summed E-state index contributed by atoms with van der Waals surface area (Å²) in [5.41, 5.74) is 3.06. The lowest BCUT2D eigenvalue weighted by atomic mass is 10.1. The maximum Gasteiger partial charge on any atom is 0.255 e. The molecule has 0 aromatic heterocycles. The van der Waals surface area contributed by atoms with Crippen LogP contribution >= 0.6 is 0 Å². The van der Waals surface area contributed by atoms with Gasteiger partial charge in [0.2, 0.25) is 10.0 Å². The van der Waals surface area contributed by atoms with Crippen LogP contribution in [0.4, 0.5) is 10.1 Å². The van der Waals surface area contributed by atoms with E-state index in [1.807, 2.05) is 13.8 Å². The van der Waals surface area contributed by atoms with Crippen LogP contribution in [-0.2, 0) is 16.6 Å². The number of carbonyl (C=O) groups excluding carboxylic acids is 1. The van der Waals surface area contributed by atoms with Crippen molar-refractivity contribution in [2.24, 2.45) is 0 Å². The van der Waals surface area contributed by atoms with Crippen molar-refractivity contribution in [3.05, 3.63) is 94.8 Å². The van der Waals surface area contributed by atoms with Crippen LogP contribution in [0, 0.1) is 19.7 Å². The zero-order valence-corrected chi connectivity index (χ0v) is 16.9. The summed E-state index contributed by atoms with van der Waals surface area (Å²) in [6, 6.07) is 17.3. The molecule has 0 saturated heterocycles. The van der Waals surface area contributed by atoms with Crippen molar-refractivity contribution in [2.45, 2.75) is 25.3 Å². The van der Waals surface area contributed by atoms with Crippen LogP contribution < -0.4 is 10.0 Å². The van der Waals surface area contributed by atoms with Gasteiger partial charge in [0, 0.05) is 12.1 Å². The Labute approximate surface area is 169 Å². The molecule has 150 valence electrons. The molecule has 0 aliphatic rings. The van der Waals surface area contributed by atoms with Crippen LogP contribution in [0.15, 0.2) is 71.6 Å². The van der Waals surface area contributed by atoms with Gasteiger partial charge in [0.1, 0.15) is 5.82 Å². The Kier molecular flexibility index (Phi) is 6.10. The smallest absolute Gasteiger partial charge is 0.255 e. The summed E-state index contributed by atoms with van der Waals surface area (Å²) in [5, 5.41) is 2.51. The van der Waals surface area contributed by atoms with Gasteiger partial charge >= 0.3 is 0 Å². The first kappa shape index (κ1) is 20.7. The predicted octanol–water partition coefficient (Wildman–Crippen LogP) is 4.17. The summed E-state index contributed by atoms with van der Waals surface area (Å²) >= 11 is 0. The second kappa shape index (κ2) is 8.55. The zero-order chi connectivity index (χ0) is 21.0. The molecule has 5 nitrogen and oxygen atoms in total. The van der Waals surface area contributed by atoms with Crippen molar-refractivity contribution in [3.8, 4) is 0 Å². The van der Waals surface area contributed by atoms with Crippen molar-refractivity contribution >= 4 is 21.6 Å². The number of nitrogens with one attached hydrogen (secondary N) is 2. The number of benzene rings is 3. The Balaban J connectivity index is 1.65. The SMILES string of the molecule is Cc1ccc(S(=O)(=O)NCc2ccc(C(=O)Nc3ccccc3F)cc2)cc1C. The molecule has 1 amide bonds. The number of hydrogen-bond acceptors (Lipinski definition) is 3. The highest BCUT2D eigenvalue weighted by atomic mass is 32.2. The van der Waals surface area contributed by atoms with Gasteiger partial charge in [-0.05, 0) is 66.9 Å². The van der Waals surface area contributed by atoms with Gasteiger partial charge in [-0.1, -0.05) is 30.3 Å². The molecule has 0 fully saturated rings. The molecule has 29 heavy (non-hydrogen) atoms. The Morgan fingerprint density at radius 1 is 0.931 bits per heavy atom. The summed E-state index contributed by atoms with van der Waals surface area (Å²) in [6.45, 7) is 3.87. The number of amides is 1. The Bertz CT molecular complexity index is 1140. The Morgan fingerprint density at radius 2 is 1.62 bits per heavy atom. The maximum absolute atomic E-state index is 13.6.